The van der Waals surface area contributed by atoms with Gasteiger partial charge in [0.05, 0.1) is 12.8 Å². The van der Waals surface area contributed by atoms with Crippen molar-refractivity contribution in [3.63, 3.8) is 0 Å². The average Bonchev–Trinajstić information content (AvgIpc) is 2.26. The van der Waals surface area contributed by atoms with Gasteiger partial charge in [-0.3, -0.25) is 19.2 Å². The standard InChI is InChI=1S/C6H11NO4.C4H6O4/c7-4(6(10)11)2-1-3-5(8)9;5-3(6)1-2-4(7)8/h4H,1-3,7H2,(H,8,9)(H,10,11);1-2H2,(H,5,6)(H,7,8). The van der Waals surface area contributed by atoms with Gasteiger partial charge in [0.2, 0.25) is 0 Å². The molecule has 0 aromatic heterocycles. The van der Waals surface area contributed by atoms with Crippen LogP contribution in [0.5, 0.6) is 0 Å². The van der Waals surface area contributed by atoms with Gasteiger partial charge < -0.3 is 26.2 Å². The van der Waals surface area contributed by atoms with Crippen molar-refractivity contribution in [2.75, 3.05) is 0 Å². The van der Waals surface area contributed by atoms with Gasteiger partial charge in [0.15, 0.2) is 0 Å². The summed E-state index contributed by atoms with van der Waals surface area (Å²) in [4.78, 5) is 39.3. The van der Waals surface area contributed by atoms with Crippen LogP contribution in [0.15, 0.2) is 0 Å². The molecule has 110 valence electrons. The van der Waals surface area contributed by atoms with Crippen molar-refractivity contribution in [2.45, 2.75) is 38.1 Å². The zero-order valence-electron chi connectivity index (χ0n) is 10.1. The molecular weight excluding hydrogens is 262 g/mol. The summed E-state index contributed by atoms with van der Waals surface area (Å²) in [5.74, 6) is -4.17. The summed E-state index contributed by atoms with van der Waals surface area (Å²) in [6.45, 7) is 0. The second kappa shape index (κ2) is 11.0. The fourth-order valence-electron chi connectivity index (χ4n) is 0.811. The summed E-state index contributed by atoms with van der Waals surface area (Å²) < 4.78 is 0. The molecule has 0 aliphatic heterocycles. The minimum Gasteiger partial charge on any atom is -0.481 e. The zero-order valence-corrected chi connectivity index (χ0v) is 10.1. The first-order chi connectivity index (χ1) is 8.66. The topological polar surface area (TPSA) is 175 Å². The van der Waals surface area contributed by atoms with Crippen molar-refractivity contribution in [3.8, 4) is 0 Å². The maximum Gasteiger partial charge on any atom is 0.320 e. The Morgan fingerprint density at radius 2 is 1.16 bits per heavy atom. The van der Waals surface area contributed by atoms with Crippen LogP contribution in [-0.2, 0) is 19.2 Å². The summed E-state index contributed by atoms with van der Waals surface area (Å²) in [5.41, 5.74) is 5.11. The van der Waals surface area contributed by atoms with E-state index >= 15 is 0 Å². The first-order valence-electron chi connectivity index (χ1n) is 5.30. The smallest absolute Gasteiger partial charge is 0.320 e. The molecule has 0 bridgehead atoms. The molecule has 0 spiro atoms. The highest BCUT2D eigenvalue weighted by Gasteiger charge is 2.10. The number of carboxylic acids is 4. The molecule has 0 aromatic rings. The van der Waals surface area contributed by atoms with Gasteiger partial charge in [-0.25, -0.2) is 0 Å². The van der Waals surface area contributed by atoms with E-state index in [4.69, 9.17) is 26.2 Å². The average molecular weight is 279 g/mol. The molecule has 6 N–H and O–H groups in total. The number of carbonyl (C=O) groups is 4. The molecular formula is C10H17NO8. The van der Waals surface area contributed by atoms with E-state index in [0.717, 1.165) is 0 Å². The van der Waals surface area contributed by atoms with Gasteiger partial charge in [-0.1, -0.05) is 0 Å². The molecule has 0 saturated heterocycles. The van der Waals surface area contributed by atoms with E-state index in [1.54, 1.807) is 0 Å². The van der Waals surface area contributed by atoms with Crippen molar-refractivity contribution < 1.29 is 39.6 Å². The fourth-order valence-corrected chi connectivity index (χ4v) is 0.811. The molecule has 0 fully saturated rings. The van der Waals surface area contributed by atoms with E-state index in [0.29, 0.717) is 6.42 Å². The number of aliphatic carboxylic acids is 4. The monoisotopic (exact) mass is 279 g/mol. The Kier molecular flexibility index (Phi) is 11.1. The van der Waals surface area contributed by atoms with Gasteiger partial charge in [0, 0.05) is 6.42 Å². The van der Waals surface area contributed by atoms with Gasteiger partial charge in [-0.05, 0) is 12.8 Å². The highest BCUT2D eigenvalue weighted by Crippen LogP contribution is 1.98. The molecule has 9 nitrogen and oxygen atoms in total. The number of carboxylic acid groups (broad SMARTS) is 4. The normalized spacial score (nSPS) is 10.8. The minimum atomic E-state index is -1.09. The van der Waals surface area contributed by atoms with Crippen molar-refractivity contribution in [3.05, 3.63) is 0 Å². The van der Waals surface area contributed by atoms with E-state index in [2.05, 4.69) is 0 Å². The Morgan fingerprint density at radius 3 is 1.42 bits per heavy atom. The number of rotatable bonds is 8. The van der Waals surface area contributed by atoms with Crippen LogP contribution < -0.4 is 5.73 Å². The highest BCUT2D eigenvalue weighted by atomic mass is 16.4. The van der Waals surface area contributed by atoms with E-state index in [1.165, 1.54) is 0 Å². The van der Waals surface area contributed by atoms with E-state index in [9.17, 15) is 19.2 Å². The number of nitrogens with two attached hydrogens (primary N) is 1. The van der Waals surface area contributed by atoms with E-state index < -0.39 is 29.9 Å². The van der Waals surface area contributed by atoms with E-state index in [-0.39, 0.29) is 25.7 Å². The SMILES string of the molecule is NC(CCCC(=O)O)C(=O)O.O=C(O)CCC(=O)O. The van der Waals surface area contributed by atoms with Crippen LogP contribution in [0.4, 0.5) is 0 Å². The molecule has 1 unspecified atom stereocenters. The van der Waals surface area contributed by atoms with Crippen molar-refractivity contribution in [1.29, 1.82) is 0 Å². The summed E-state index contributed by atoms with van der Waals surface area (Å²) in [7, 11) is 0. The van der Waals surface area contributed by atoms with Crippen LogP contribution >= 0.6 is 0 Å². The molecule has 0 saturated carbocycles. The molecule has 0 amide bonds. The predicted octanol–water partition coefficient (Wildman–Crippen LogP) is -0.411. The molecule has 0 aliphatic rings. The maximum absolute atomic E-state index is 10.1. The molecule has 19 heavy (non-hydrogen) atoms. The highest BCUT2D eigenvalue weighted by molar-refractivity contribution is 5.75. The fraction of sp³-hybridized carbons (Fsp3) is 0.600. The minimum absolute atomic E-state index is 0.0268. The Labute approximate surface area is 108 Å². The van der Waals surface area contributed by atoms with Crippen molar-refractivity contribution in [1.82, 2.24) is 0 Å². The van der Waals surface area contributed by atoms with Crippen LogP contribution in [0.3, 0.4) is 0 Å². The summed E-state index contributed by atoms with van der Waals surface area (Å²) in [6.07, 6.45) is -0.101. The van der Waals surface area contributed by atoms with E-state index in [1.807, 2.05) is 0 Å². The maximum atomic E-state index is 10.1. The predicted molar refractivity (Wildman–Crippen MR) is 61.6 cm³/mol. The van der Waals surface area contributed by atoms with Crippen LogP contribution in [-0.4, -0.2) is 50.3 Å². The lowest BCUT2D eigenvalue weighted by Crippen LogP contribution is -2.29. The van der Waals surface area contributed by atoms with Crippen molar-refractivity contribution in [2.24, 2.45) is 5.73 Å². The molecule has 0 aromatic carbocycles. The third-order valence-corrected chi connectivity index (χ3v) is 1.78. The van der Waals surface area contributed by atoms with Crippen LogP contribution in [0, 0.1) is 0 Å². The third kappa shape index (κ3) is 18.4. The van der Waals surface area contributed by atoms with Crippen LogP contribution in [0.1, 0.15) is 32.1 Å². The zero-order chi connectivity index (χ0) is 15.4. The lowest BCUT2D eigenvalue weighted by atomic mass is 10.1. The molecule has 0 rings (SSSR count). The van der Waals surface area contributed by atoms with Gasteiger partial charge in [-0.2, -0.15) is 0 Å². The molecule has 0 aliphatic carbocycles. The van der Waals surface area contributed by atoms with Crippen LogP contribution in [0.25, 0.3) is 0 Å². The van der Waals surface area contributed by atoms with Crippen molar-refractivity contribution >= 4 is 23.9 Å². The van der Waals surface area contributed by atoms with Gasteiger partial charge in [-0.15, -0.1) is 0 Å². The molecule has 0 radical (unpaired) electrons. The van der Waals surface area contributed by atoms with Gasteiger partial charge >= 0.3 is 23.9 Å². The Bertz CT molecular complexity index is 313. The lowest BCUT2D eigenvalue weighted by molar-refractivity contribution is -0.143. The quantitative estimate of drug-likeness (QED) is 0.395. The lowest BCUT2D eigenvalue weighted by Gasteiger charge is -2.02. The molecule has 9 heteroatoms. The Balaban J connectivity index is 0. The Morgan fingerprint density at radius 1 is 0.789 bits per heavy atom. The second-order valence-corrected chi connectivity index (χ2v) is 3.52. The van der Waals surface area contributed by atoms with Crippen LogP contribution in [0.2, 0.25) is 0 Å². The van der Waals surface area contributed by atoms with Gasteiger partial charge in [0.25, 0.3) is 0 Å². The molecule has 0 heterocycles. The summed E-state index contributed by atoms with van der Waals surface area (Å²) >= 11 is 0. The summed E-state index contributed by atoms with van der Waals surface area (Å²) in [6, 6.07) is -0.936. The number of hydrogen-bond donors (Lipinski definition) is 5. The molecule has 1 atom stereocenters. The first kappa shape index (κ1) is 19.2. The summed E-state index contributed by atoms with van der Waals surface area (Å²) in [5, 5.41) is 32.2. The van der Waals surface area contributed by atoms with Gasteiger partial charge in [0.1, 0.15) is 6.04 Å². The third-order valence-electron chi connectivity index (χ3n) is 1.78. The number of hydrogen-bond acceptors (Lipinski definition) is 5. The Hall–Kier alpha value is -2.16. The largest absolute Gasteiger partial charge is 0.481 e. The second-order valence-electron chi connectivity index (χ2n) is 3.52. The first-order valence-corrected chi connectivity index (χ1v) is 5.30.